The number of nitro benzene ring substituents is 1. The number of amides is 1. The number of nitrogen functional groups attached to an aromatic ring is 1. The second-order valence-corrected chi connectivity index (χ2v) is 4.88. The largest absolute Gasteiger partial charge is 0.392 e. The van der Waals surface area contributed by atoms with Crippen LogP contribution in [0, 0.1) is 15.9 Å². The summed E-state index contributed by atoms with van der Waals surface area (Å²) in [6.45, 7) is 3.52. The topological polar surface area (TPSA) is 107 Å². The second-order valence-electron chi connectivity index (χ2n) is 4.88. The minimum absolute atomic E-state index is 0.190. The highest BCUT2D eigenvalue weighted by Gasteiger charge is 2.27. The van der Waals surface area contributed by atoms with Crippen LogP contribution in [0.15, 0.2) is 12.1 Å². The summed E-state index contributed by atoms with van der Waals surface area (Å²) in [6, 6.07) is 1.76. The van der Waals surface area contributed by atoms with Gasteiger partial charge < -0.3 is 15.8 Å². The minimum atomic E-state index is -0.918. The normalized spacial score (nSPS) is 11.2. The molecule has 0 aromatic heterocycles. The van der Waals surface area contributed by atoms with Gasteiger partial charge in [-0.25, -0.2) is 4.39 Å². The Morgan fingerprint density at radius 2 is 2.15 bits per heavy atom. The van der Waals surface area contributed by atoms with Gasteiger partial charge in [0.1, 0.15) is 17.1 Å². The van der Waals surface area contributed by atoms with Crippen molar-refractivity contribution in [2.45, 2.75) is 19.4 Å². The van der Waals surface area contributed by atoms with Crippen molar-refractivity contribution in [2.75, 3.05) is 19.5 Å². The van der Waals surface area contributed by atoms with Crippen LogP contribution in [0.1, 0.15) is 24.2 Å². The molecule has 0 unspecified atom stereocenters. The lowest BCUT2D eigenvalue weighted by molar-refractivity contribution is -0.384. The van der Waals surface area contributed by atoms with Crippen LogP contribution in [0.4, 0.5) is 15.8 Å². The smallest absolute Gasteiger partial charge is 0.293 e. The maximum Gasteiger partial charge on any atom is 0.293 e. The lowest BCUT2D eigenvalue weighted by Gasteiger charge is -2.25. The molecule has 0 saturated carbocycles. The molecule has 0 radical (unpaired) electrons. The van der Waals surface area contributed by atoms with Gasteiger partial charge in [0.25, 0.3) is 11.6 Å². The van der Waals surface area contributed by atoms with E-state index >= 15 is 0 Å². The standard InChI is InChI=1S/C12H16FN3O4/c1-12(2,6-20-3)15-11(17)9-7(13)4-5-8(10(9)14)16(18)19/h4-5H,6,14H2,1-3H3,(H,15,17). The van der Waals surface area contributed by atoms with Gasteiger partial charge in [-0.3, -0.25) is 14.9 Å². The van der Waals surface area contributed by atoms with E-state index in [1.807, 2.05) is 0 Å². The highest BCUT2D eigenvalue weighted by Crippen LogP contribution is 2.27. The molecule has 8 heteroatoms. The first-order chi connectivity index (χ1) is 9.19. The molecule has 20 heavy (non-hydrogen) atoms. The fraction of sp³-hybridized carbons (Fsp3) is 0.417. The predicted octanol–water partition coefficient (Wildman–Crippen LogP) is 1.47. The molecular formula is C12H16FN3O4. The number of hydrogen-bond acceptors (Lipinski definition) is 5. The van der Waals surface area contributed by atoms with Gasteiger partial charge in [0.05, 0.1) is 17.1 Å². The van der Waals surface area contributed by atoms with Crippen molar-refractivity contribution in [1.29, 1.82) is 0 Å². The number of carbonyl (C=O) groups is 1. The maximum absolute atomic E-state index is 13.7. The van der Waals surface area contributed by atoms with Gasteiger partial charge in [0.15, 0.2) is 0 Å². The number of hydrogen-bond donors (Lipinski definition) is 2. The number of nitro groups is 1. The molecule has 3 N–H and O–H groups in total. The van der Waals surface area contributed by atoms with Crippen LogP contribution in [0.2, 0.25) is 0 Å². The average molecular weight is 285 g/mol. The van der Waals surface area contributed by atoms with E-state index in [9.17, 15) is 19.3 Å². The van der Waals surface area contributed by atoms with Crippen molar-refractivity contribution in [3.05, 3.63) is 33.6 Å². The van der Waals surface area contributed by atoms with Gasteiger partial charge in [-0.2, -0.15) is 0 Å². The Morgan fingerprint density at radius 1 is 1.55 bits per heavy atom. The van der Waals surface area contributed by atoms with E-state index in [-0.39, 0.29) is 6.61 Å². The average Bonchev–Trinajstić information content (AvgIpc) is 2.27. The number of rotatable bonds is 5. The number of benzene rings is 1. The first-order valence-electron chi connectivity index (χ1n) is 5.73. The predicted molar refractivity (Wildman–Crippen MR) is 70.9 cm³/mol. The third kappa shape index (κ3) is 3.41. The van der Waals surface area contributed by atoms with E-state index in [0.29, 0.717) is 0 Å². The first kappa shape index (κ1) is 15.8. The minimum Gasteiger partial charge on any atom is -0.392 e. The molecule has 1 aromatic rings. The summed E-state index contributed by atoms with van der Waals surface area (Å²) in [7, 11) is 1.45. The zero-order valence-electron chi connectivity index (χ0n) is 11.4. The summed E-state index contributed by atoms with van der Waals surface area (Å²) in [5.41, 5.74) is 3.19. The molecule has 0 spiro atoms. The SMILES string of the molecule is COCC(C)(C)NC(=O)c1c(F)ccc([N+](=O)[O-])c1N. The van der Waals surface area contributed by atoms with Gasteiger partial charge in [0, 0.05) is 13.2 Å². The molecule has 0 aliphatic rings. The molecule has 1 rings (SSSR count). The third-order valence-corrected chi connectivity index (χ3v) is 2.55. The van der Waals surface area contributed by atoms with Crippen LogP contribution in [0.3, 0.4) is 0 Å². The lowest BCUT2D eigenvalue weighted by Crippen LogP contribution is -2.47. The van der Waals surface area contributed by atoms with Crippen LogP contribution < -0.4 is 11.1 Å². The number of halogens is 1. The highest BCUT2D eigenvalue weighted by molar-refractivity contribution is 6.01. The summed E-state index contributed by atoms with van der Waals surface area (Å²) < 4.78 is 18.6. The van der Waals surface area contributed by atoms with Crippen LogP contribution in [0.25, 0.3) is 0 Å². The molecule has 0 bridgehead atoms. The van der Waals surface area contributed by atoms with E-state index in [1.165, 1.54) is 7.11 Å². The van der Waals surface area contributed by atoms with Crippen LogP contribution in [0.5, 0.6) is 0 Å². The quantitative estimate of drug-likeness (QED) is 0.484. The summed E-state index contributed by atoms with van der Waals surface area (Å²) in [5.74, 6) is -1.75. The van der Waals surface area contributed by atoms with E-state index in [4.69, 9.17) is 10.5 Å². The number of nitrogens with zero attached hydrogens (tertiary/aromatic N) is 1. The van der Waals surface area contributed by atoms with Crippen molar-refractivity contribution in [3.8, 4) is 0 Å². The molecule has 0 aliphatic heterocycles. The van der Waals surface area contributed by atoms with Gasteiger partial charge in [-0.1, -0.05) is 0 Å². The Hall–Kier alpha value is -2.22. The van der Waals surface area contributed by atoms with Crippen molar-refractivity contribution in [3.63, 3.8) is 0 Å². The molecule has 0 atom stereocenters. The number of nitrogens with one attached hydrogen (secondary N) is 1. The fourth-order valence-electron chi connectivity index (χ4n) is 1.74. The van der Waals surface area contributed by atoms with Gasteiger partial charge >= 0.3 is 0 Å². The monoisotopic (exact) mass is 285 g/mol. The molecule has 0 saturated heterocycles. The van der Waals surface area contributed by atoms with Crippen molar-refractivity contribution < 1.29 is 18.8 Å². The molecule has 1 amide bonds. The fourth-order valence-corrected chi connectivity index (χ4v) is 1.74. The molecular weight excluding hydrogens is 269 g/mol. The Balaban J connectivity index is 3.16. The third-order valence-electron chi connectivity index (χ3n) is 2.55. The van der Waals surface area contributed by atoms with Crippen molar-refractivity contribution in [2.24, 2.45) is 0 Å². The van der Waals surface area contributed by atoms with Crippen LogP contribution in [-0.2, 0) is 4.74 Å². The number of methoxy groups -OCH3 is 1. The van der Waals surface area contributed by atoms with Crippen LogP contribution >= 0.6 is 0 Å². The first-order valence-corrected chi connectivity index (χ1v) is 5.73. The van der Waals surface area contributed by atoms with Crippen LogP contribution in [-0.4, -0.2) is 30.1 Å². The molecule has 0 aliphatic carbocycles. The number of nitrogens with two attached hydrogens (primary N) is 1. The molecule has 7 nitrogen and oxygen atoms in total. The van der Waals surface area contributed by atoms with Gasteiger partial charge in [-0.05, 0) is 19.9 Å². The van der Waals surface area contributed by atoms with Crippen molar-refractivity contribution >= 4 is 17.3 Å². The van der Waals surface area contributed by atoms with Crippen molar-refractivity contribution in [1.82, 2.24) is 5.32 Å². The number of anilines is 1. The van der Waals surface area contributed by atoms with E-state index < -0.39 is 39.1 Å². The molecule has 0 heterocycles. The van der Waals surface area contributed by atoms with Gasteiger partial charge in [-0.15, -0.1) is 0 Å². The van der Waals surface area contributed by atoms with E-state index in [1.54, 1.807) is 13.8 Å². The second kappa shape index (κ2) is 5.83. The summed E-state index contributed by atoms with van der Waals surface area (Å²) >= 11 is 0. The van der Waals surface area contributed by atoms with E-state index in [2.05, 4.69) is 5.32 Å². The lowest BCUT2D eigenvalue weighted by atomic mass is 10.0. The zero-order chi connectivity index (χ0) is 15.5. The highest BCUT2D eigenvalue weighted by atomic mass is 19.1. The molecule has 0 fully saturated rings. The number of carbonyl (C=O) groups excluding carboxylic acids is 1. The molecule has 110 valence electrons. The Bertz CT molecular complexity index is 546. The Morgan fingerprint density at radius 3 is 2.65 bits per heavy atom. The molecule has 1 aromatic carbocycles. The number of ether oxygens (including phenoxy) is 1. The summed E-state index contributed by atoms with van der Waals surface area (Å²) in [6.07, 6.45) is 0. The van der Waals surface area contributed by atoms with Gasteiger partial charge in [0.2, 0.25) is 0 Å². The summed E-state index contributed by atoms with van der Waals surface area (Å²) in [5, 5.41) is 13.3. The zero-order valence-corrected chi connectivity index (χ0v) is 11.4. The maximum atomic E-state index is 13.7. The Kier molecular flexibility index (Phi) is 4.61. The summed E-state index contributed by atoms with van der Waals surface area (Å²) in [4.78, 5) is 22.0. The Labute approximate surface area is 115 Å². The van der Waals surface area contributed by atoms with E-state index in [0.717, 1.165) is 12.1 Å².